The van der Waals surface area contributed by atoms with E-state index in [1.807, 2.05) is 12.3 Å². The highest BCUT2D eigenvalue weighted by Crippen LogP contribution is 2.22. The second-order valence-electron chi connectivity index (χ2n) is 6.82. The standard InChI is InChI=1S/C21H30N4/c1-3-25(20-10-7-14-22-15-13-20)17-18-11-12-21(23-16-18)24(2)19-8-5-4-6-9-19/h4-6,8-9,11-12,16,20,22H,3,7,10,13-15,17H2,1-2H3. The van der Waals surface area contributed by atoms with Crippen LogP contribution >= 0.6 is 0 Å². The second-order valence-corrected chi connectivity index (χ2v) is 6.82. The molecule has 1 saturated heterocycles. The third-order valence-corrected chi connectivity index (χ3v) is 5.15. The SMILES string of the molecule is CCN(Cc1ccc(N(C)c2ccccc2)nc1)C1CCCNCC1. The molecule has 1 aliphatic heterocycles. The number of aromatic nitrogens is 1. The van der Waals surface area contributed by atoms with Crippen molar-refractivity contribution in [1.82, 2.24) is 15.2 Å². The smallest absolute Gasteiger partial charge is 0.132 e. The van der Waals surface area contributed by atoms with Gasteiger partial charge in [-0.3, -0.25) is 4.90 Å². The van der Waals surface area contributed by atoms with Gasteiger partial charge >= 0.3 is 0 Å². The molecule has 1 N–H and O–H groups in total. The molecular weight excluding hydrogens is 308 g/mol. The second kappa shape index (κ2) is 8.97. The molecule has 1 unspecified atom stereocenters. The van der Waals surface area contributed by atoms with Crippen molar-refractivity contribution in [3.63, 3.8) is 0 Å². The van der Waals surface area contributed by atoms with Gasteiger partial charge in [-0.15, -0.1) is 0 Å². The van der Waals surface area contributed by atoms with E-state index in [2.05, 4.69) is 65.5 Å². The monoisotopic (exact) mass is 338 g/mol. The van der Waals surface area contributed by atoms with Gasteiger partial charge in [0.05, 0.1) is 0 Å². The van der Waals surface area contributed by atoms with Crippen molar-refractivity contribution >= 4 is 11.5 Å². The molecule has 0 radical (unpaired) electrons. The van der Waals surface area contributed by atoms with Crippen LogP contribution < -0.4 is 10.2 Å². The molecule has 0 aliphatic carbocycles. The molecule has 0 spiro atoms. The number of anilines is 2. The Hall–Kier alpha value is -1.91. The minimum Gasteiger partial charge on any atom is -0.329 e. The topological polar surface area (TPSA) is 31.4 Å². The molecule has 134 valence electrons. The van der Waals surface area contributed by atoms with Crippen LogP contribution in [0, 0.1) is 0 Å². The van der Waals surface area contributed by atoms with E-state index in [1.165, 1.54) is 24.8 Å². The molecule has 2 aromatic rings. The fourth-order valence-electron chi connectivity index (χ4n) is 3.59. The molecule has 25 heavy (non-hydrogen) atoms. The zero-order valence-electron chi connectivity index (χ0n) is 15.5. The van der Waals surface area contributed by atoms with E-state index in [0.29, 0.717) is 6.04 Å². The summed E-state index contributed by atoms with van der Waals surface area (Å²) in [4.78, 5) is 9.42. The molecule has 0 bridgehead atoms. The summed E-state index contributed by atoms with van der Waals surface area (Å²) in [6, 6.07) is 15.4. The lowest BCUT2D eigenvalue weighted by atomic mass is 10.1. The predicted molar refractivity (Wildman–Crippen MR) is 105 cm³/mol. The first-order valence-corrected chi connectivity index (χ1v) is 9.46. The van der Waals surface area contributed by atoms with Crippen LogP contribution in [0.4, 0.5) is 11.5 Å². The van der Waals surface area contributed by atoms with E-state index in [1.54, 1.807) is 0 Å². The van der Waals surface area contributed by atoms with Crippen molar-refractivity contribution in [2.45, 2.75) is 38.8 Å². The van der Waals surface area contributed by atoms with Gasteiger partial charge in [0.2, 0.25) is 0 Å². The van der Waals surface area contributed by atoms with Crippen LogP contribution in [0.2, 0.25) is 0 Å². The number of hydrogen-bond donors (Lipinski definition) is 1. The Kier molecular flexibility index (Phi) is 6.42. The van der Waals surface area contributed by atoms with E-state index in [4.69, 9.17) is 4.98 Å². The van der Waals surface area contributed by atoms with Gasteiger partial charge in [0.15, 0.2) is 0 Å². The Balaban J connectivity index is 1.65. The number of nitrogens with one attached hydrogen (secondary N) is 1. The molecule has 0 saturated carbocycles. The van der Waals surface area contributed by atoms with Gasteiger partial charge in [-0.25, -0.2) is 4.98 Å². The molecule has 1 atom stereocenters. The normalized spacial score (nSPS) is 18.1. The van der Waals surface area contributed by atoms with E-state index < -0.39 is 0 Å². The van der Waals surface area contributed by atoms with Gasteiger partial charge < -0.3 is 10.2 Å². The number of rotatable bonds is 6. The largest absolute Gasteiger partial charge is 0.329 e. The van der Waals surface area contributed by atoms with Crippen LogP contribution in [-0.2, 0) is 6.54 Å². The van der Waals surface area contributed by atoms with Gasteiger partial charge in [-0.05, 0) is 62.7 Å². The predicted octanol–water partition coefficient (Wildman–Crippen LogP) is 3.81. The molecule has 0 amide bonds. The first-order chi connectivity index (χ1) is 12.3. The summed E-state index contributed by atoms with van der Waals surface area (Å²) < 4.78 is 0. The average molecular weight is 338 g/mol. The van der Waals surface area contributed by atoms with E-state index in [0.717, 1.165) is 37.7 Å². The number of nitrogens with zero attached hydrogens (tertiary/aromatic N) is 3. The Morgan fingerprint density at radius 2 is 1.92 bits per heavy atom. The van der Waals surface area contributed by atoms with Crippen LogP contribution in [0.15, 0.2) is 48.7 Å². The van der Waals surface area contributed by atoms with E-state index in [9.17, 15) is 0 Å². The van der Waals surface area contributed by atoms with Crippen molar-refractivity contribution < 1.29 is 0 Å². The van der Waals surface area contributed by atoms with Gasteiger partial charge in [0.1, 0.15) is 5.82 Å². The fraction of sp³-hybridized carbons (Fsp3) is 0.476. The van der Waals surface area contributed by atoms with Crippen molar-refractivity contribution in [2.75, 3.05) is 31.6 Å². The van der Waals surface area contributed by atoms with Crippen LogP contribution in [0.1, 0.15) is 31.7 Å². The van der Waals surface area contributed by atoms with Crippen molar-refractivity contribution in [1.29, 1.82) is 0 Å². The highest BCUT2D eigenvalue weighted by atomic mass is 15.2. The summed E-state index contributed by atoms with van der Waals surface area (Å²) in [5.41, 5.74) is 2.45. The third-order valence-electron chi connectivity index (χ3n) is 5.15. The molecule has 1 aromatic carbocycles. The lowest BCUT2D eigenvalue weighted by molar-refractivity contribution is 0.182. The van der Waals surface area contributed by atoms with Gasteiger partial charge in [0, 0.05) is 31.5 Å². The maximum Gasteiger partial charge on any atom is 0.132 e. The first kappa shape index (κ1) is 17.9. The summed E-state index contributed by atoms with van der Waals surface area (Å²) >= 11 is 0. The first-order valence-electron chi connectivity index (χ1n) is 9.46. The Labute approximate surface area is 151 Å². The lowest BCUT2D eigenvalue weighted by Gasteiger charge is -2.30. The molecule has 3 rings (SSSR count). The number of para-hydroxylation sites is 1. The zero-order valence-corrected chi connectivity index (χ0v) is 15.5. The van der Waals surface area contributed by atoms with Gasteiger partial charge in [0.25, 0.3) is 0 Å². The molecular formula is C21H30N4. The molecule has 1 fully saturated rings. The highest BCUT2D eigenvalue weighted by molar-refractivity contribution is 5.58. The minimum atomic E-state index is 0.687. The molecule has 4 heteroatoms. The van der Waals surface area contributed by atoms with Crippen molar-refractivity contribution in [3.8, 4) is 0 Å². The summed E-state index contributed by atoms with van der Waals surface area (Å²) in [6.07, 6.45) is 5.85. The molecule has 2 heterocycles. The molecule has 1 aromatic heterocycles. The molecule has 1 aliphatic rings. The average Bonchev–Trinajstić information content (AvgIpc) is 2.96. The summed E-state index contributed by atoms with van der Waals surface area (Å²) in [6.45, 7) is 6.65. The molecule has 4 nitrogen and oxygen atoms in total. The van der Waals surface area contributed by atoms with Crippen LogP contribution in [0.5, 0.6) is 0 Å². The van der Waals surface area contributed by atoms with Crippen molar-refractivity contribution in [3.05, 3.63) is 54.2 Å². The van der Waals surface area contributed by atoms with Crippen LogP contribution in [0.3, 0.4) is 0 Å². The lowest BCUT2D eigenvalue weighted by Crippen LogP contribution is -2.35. The van der Waals surface area contributed by atoms with Crippen LogP contribution in [-0.4, -0.2) is 42.6 Å². The Morgan fingerprint density at radius 1 is 1.08 bits per heavy atom. The highest BCUT2D eigenvalue weighted by Gasteiger charge is 2.19. The van der Waals surface area contributed by atoms with Crippen molar-refractivity contribution in [2.24, 2.45) is 0 Å². The maximum absolute atomic E-state index is 4.69. The Morgan fingerprint density at radius 3 is 2.64 bits per heavy atom. The number of hydrogen-bond acceptors (Lipinski definition) is 4. The quantitative estimate of drug-likeness (QED) is 0.868. The van der Waals surface area contributed by atoms with Crippen LogP contribution in [0.25, 0.3) is 0 Å². The third kappa shape index (κ3) is 4.80. The maximum atomic E-state index is 4.69. The van der Waals surface area contributed by atoms with E-state index >= 15 is 0 Å². The minimum absolute atomic E-state index is 0.687. The summed E-state index contributed by atoms with van der Waals surface area (Å²) in [5, 5.41) is 3.51. The Bertz CT molecular complexity index is 618. The number of benzene rings is 1. The summed E-state index contributed by atoms with van der Waals surface area (Å²) in [7, 11) is 2.06. The van der Waals surface area contributed by atoms with E-state index in [-0.39, 0.29) is 0 Å². The number of pyridine rings is 1. The zero-order chi connectivity index (χ0) is 17.5. The van der Waals surface area contributed by atoms with Gasteiger partial charge in [-0.2, -0.15) is 0 Å². The van der Waals surface area contributed by atoms with Gasteiger partial charge in [-0.1, -0.05) is 31.2 Å². The summed E-state index contributed by atoms with van der Waals surface area (Å²) in [5.74, 6) is 0.983. The fourth-order valence-corrected chi connectivity index (χ4v) is 3.59.